The van der Waals surface area contributed by atoms with Crippen molar-refractivity contribution in [1.82, 2.24) is 5.32 Å². The number of nitrogens with one attached hydrogen (secondary N) is 1. The van der Waals surface area contributed by atoms with E-state index in [1.165, 1.54) is 18.1 Å². The average Bonchev–Trinajstić information content (AvgIpc) is 2.83. The number of hydrogen-bond acceptors (Lipinski definition) is 3. The van der Waals surface area contributed by atoms with Crippen LogP contribution in [-0.2, 0) is 13.1 Å². The Labute approximate surface area is 120 Å². The molecule has 0 atom stereocenters. The third kappa shape index (κ3) is 4.74. The zero-order chi connectivity index (χ0) is 14.3. The Kier molecular flexibility index (Phi) is 6.69. The Morgan fingerprint density at radius 2 is 2.00 bits per heavy atom. The van der Waals surface area contributed by atoms with Crippen molar-refractivity contribution in [3.63, 3.8) is 0 Å². The van der Waals surface area contributed by atoms with Gasteiger partial charge in [-0.1, -0.05) is 25.4 Å². The highest BCUT2D eigenvalue weighted by atomic mass is 35.5. The van der Waals surface area contributed by atoms with E-state index in [0.717, 1.165) is 36.9 Å². The molecule has 0 aliphatic carbocycles. The minimum atomic E-state index is 0.679. The molecule has 0 aromatic heterocycles. The molecule has 0 spiro atoms. The van der Waals surface area contributed by atoms with Gasteiger partial charge in [0.1, 0.15) is 5.75 Å². The largest absolute Gasteiger partial charge is 0.493 e. The van der Waals surface area contributed by atoms with Crippen molar-refractivity contribution < 1.29 is 4.74 Å². The van der Waals surface area contributed by atoms with Crippen LogP contribution >= 0.6 is 11.6 Å². The molecule has 1 aliphatic heterocycles. The second-order valence-corrected chi connectivity index (χ2v) is 5.27. The summed E-state index contributed by atoms with van der Waals surface area (Å²) in [6.07, 6.45) is 1.09. The van der Waals surface area contributed by atoms with Gasteiger partial charge in [0.05, 0.1) is 12.7 Å². The van der Waals surface area contributed by atoms with Gasteiger partial charge >= 0.3 is 0 Å². The molecule has 19 heavy (non-hydrogen) atoms. The Balaban J connectivity index is 0.000000550. The van der Waals surface area contributed by atoms with Crippen LogP contribution in [0.4, 0.5) is 0 Å². The molecular weight excluding hydrogens is 260 g/mol. The molecule has 0 amide bonds. The van der Waals surface area contributed by atoms with Crippen molar-refractivity contribution in [3.8, 4) is 11.8 Å². The van der Waals surface area contributed by atoms with Gasteiger partial charge in [-0.3, -0.25) is 0 Å². The van der Waals surface area contributed by atoms with Crippen LogP contribution in [0.3, 0.4) is 0 Å². The van der Waals surface area contributed by atoms with Crippen LogP contribution in [0.5, 0.6) is 5.75 Å². The summed E-state index contributed by atoms with van der Waals surface area (Å²) in [4.78, 5) is 0. The van der Waals surface area contributed by atoms with Crippen molar-refractivity contribution in [1.29, 1.82) is 5.26 Å². The minimum Gasteiger partial charge on any atom is -0.493 e. The monoisotopic (exact) mass is 280 g/mol. The number of ether oxygens (including phenoxy) is 1. The number of hydrogen-bond donors (Lipinski definition) is 1. The van der Waals surface area contributed by atoms with E-state index in [2.05, 4.69) is 19.2 Å². The summed E-state index contributed by atoms with van der Waals surface area (Å²) in [5, 5.41) is 11.5. The molecule has 0 fully saturated rings. The van der Waals surface area contributed by atoms with Crippen LogP contribution in [0.1, 0.15) is 38.3 Å². The predicted molar refractivity (Wildman–Crippen MR) is 78.2 cm³/mol. The number of halogens is 1. The molecule has 0 radical (unpaired) electrons. The molecule has 1 aliphatic rings. The Hall–Kier alpha value is -1.24. The van der Waals surface area contributed by atoms with Gasteiger partial charge < -0.3 is 10.1 Å². The lowest BCUT2D eigenvalue weighted by Crippen LogP contribution is -2.04. The van der Waals surface area contributed by atoms with Crippen LogP contribution in [0.25, 0.3) is 0 Å². The topological polar surface area (TPSA) is 45.0 Å². The van der Waals surface area contributed by atoms with Gasteiger partial charge in [-0.15, -0.1) is 0 Å². The first-order chi connectivity index (χ1) is 9.10. The Morgan fingerprint density at radius 3 is 2.63 bits per heavy atom. The fraction of sp³-hybridized carbons (Fsp3) is 0.533. The zero-order valence-corrected chi connectivity index (χ0v) is 12.5. The minimum absolute atomic E-state index is 0.679. The van der Waals surface area contributed by atoms with Gasteiger partial charge in [-0.05, 0) is 30.0 Å². The van der Waals surface area contributed by atoms with Crippen LogP contribution in [0.2, 0.25) is 5.02 Å². The van der Waals surface area contributed by atoms with Crippen molar-refractivity contribution in [2.75, 3.05) is 6.61 Å². The van der Waals surface area contributed by atoms with E-state index in [1.54, 1.807) is 6.07 Å². The average molecular weight is 281 g/mol. The smallest absolute Gasteiger partial charge is 0.124 e. The number of nitrogens with zero attached hydrogens (tertiary/aromatic N) is 1. The highest BCUT2D eigenvalue weighted by Crippen LogP contribution is 2.32. The first kappa shape index (κ1) is 15.8. The van der Waals surface area contributed by atoms with Gasteiger partial charge in [-0.2, -0.15) is 5.26 Å². The molecule has 0 saturated heterocycles. The number of rotatable bonds is 4. The van der Waals surface area contributed by atoms with Gasteiger partial charge in [0.25, 0.3) is 0 Å². The fourth-order valence-corrected chi connectivity index (χ4v) is 2.12. The van der Waals surface area contributed by atoms with Crippen LogP contribution in [-0.4, -0.2) is 6.61 Å². The van der Waals surface area contributed by atoms with Crippen molar-refractivity contribution in [2.24, 2.45) is 5.92 Å². The van der Waals surface area contributed by atoms with Crippen molar-refractivity contribution >= 4 is 11.6 Å². The van der Waals surface area contributed by atoms with E-state index in [1.807, 2.05) is 12.1 Å². The molecule has 3 nitrogen and oxygen atoms in total. The quantitative estimate of drug-likeness (QED) is 0.910. The summed E-state index contributed by atoms with van der Waals surface area (Å²) in [5.41, 5.74) is 2.43. The summed E-state index contributed by atoms with van der Waals surface area (Å²) < 4.78 is 5.82. The predicted octanol–water partition coefficient (Wildman–Crippen LogP) is 3.90. The highest BCUT2D eigenvalue weighted by molar-refractivity contribution is 6.31. The molecule has 0 unspecified atom stereocenters. The lowest BCUT2D eigenvalue weighted by Gasteiger charge is -2.12. The van der Waals surface area contributed by atoms with E-state index in [0.29, 0.717) is 5.92 Å². The highest BCUT2D eigenvalue weighted by Gasteiger charge is 2.18. The summed E-state index contributed by atoms with van der Waals surface area (Å²) >= 11 is 6.13. The number of benzene rings is 1. The molecule has 0 saturated carbocycles. The molecule has 104 valence electrons. The Bertz CT molecular complexity index is 452. The third-order valence-electron chi connectivity index (χ3n) is 2.89. The molecule has 1 heterocycles. The molecule has 1 aromatic rings. The maximum atomic E-state index is 7.32. The van der Waals surface area contributed by atoms with Gasteiger partial charge in [0.2, 0.25) is 0 Å². The molecule has 0 bridgehead atoms. The fourth-order valence-electron chi connectivity index (χ4n) is 1.88. The Morgan fingerprint density at radius 1 is 1.37 bits per heavy atom. The van der Waals surface area contributed by atoms with Gasteiger partial charge in [0, 0.05) is 30.6 Å². The normalized spacial score (nSPS) is 12.4. The second kappa shape index (κ2) is 8.04. The lowest BCUT2D eigenvalue weighted by molar-refractivity contribution is 0.287. The van der Waals surface area contributed by atoms with E-state index < -0.39 is 0 Å². The van der Waals surface area contributed by atoms with Crippen LogP contribution in [0.15, 0.2) is 12.1 Å². The number of nitriles is 1. The summed E-state index contributed by atoms with van der Waals surface area (Å²) in [6.45, 7) is 8.35. The molecule has 1 N–H and O–H groups in total. The number of fused-ring (bicyclic) bond motifs is 1. The zero-order valence-electron chi connectivity index (χ0n) is 11.8. The summed E-state index contributed by atoms with van der Waals surface area (Å²) in [6, 6.07) is 5.66. The second-order valence-electron chi connectivity index (χ2n) is 4.86. The summed E-state index contributed by atoms with van der Waals surface area (Å²) in [7, 11) is 0. The first-order valence-electron chi connectivity index (χ1n) is 6.54. The maximum Gasteiger partial charge on any atom is 0.124 e. The van der Waals surface area contributed by atoms with E-state index in [-0.39, 0.29) is 0 Å². The van der Waals surface area contributed by atoms with Crippen LogP contribution < -0.4 is 10.1 Å². The van der Waals surface area contributed by atoms with E-state index in [9.17, 15) is 0 Å². The molecular formula is C15H21ClN2O. The molecule has 1 aromatic carbocycles. The maximum absolute atomic E-state index is 7.32. The van der Waals surface area contributed by atoms with Crippen molar-refractivity contribution in [2.45, 2.75) is 40.3 Å². The third-order valence-corrected chi connectivity index (χ3v) is 3.24. The standard InChI is InChI=1S/C13H18ClNO.C2H3N/c1-9(2)5-6-16-13-4-3-12(14)10-7-15-8-11(10)13;1-2-3/h3-4,9,15H,5-8H2,1-2H3;1H3. The van der Waals surface area contributed by atoms with E-state index in [4.69, 9.17) is 21.6 Å². The summed E-state index contributed by atoms with van der Waals surface area (Å²) in [5.74, 6) is 1.67. The van der Waals surface area contributed by atoms with Gasteiger partial charge in [0.15, 0.2) is 0 Å². The lowest BCUT2D eigenvalue weighted by atomic mass is 10.1. The van der Waals surface area contributed by atoms with Crippen LogP contribution in [0, 0.1) is 17.2 Å². The molecule has 2 rings (SSSR count). The van der Waals surface area contributed by atoms with E-state index >= 15 is 0 Å². The van der Waals surface area contributed by atoms with Crippen molar-refractivity contribution in [3.05, 3.63) is 28.3 Å². The first-order valence-corrected chi connectivity index (χ1v) is 6.92. The molecule has 4 heteroatoms. The van der Waals surface area contributed by atoms with Gasteiger partial charge in [-0.25, -0.2) is 0 Å². The SMILES string of the molecule is CC#N.CC(C)CCOc1ccc(Cl)c2c1CNC2.